The molecule has 144 valence electrons. The molecular formula is C19H22ClFN4O2. The number of hydrogen-bond acceptors (Lipinski definition) is 3. The normalized spacial score (nSPS) is 22.1. The second-order valence-electron chi connectivity index (χ2n) is 7.44. The zero-order valence-corrected chi connectivity index (χ0v) is 16.0. The van der Waals surface area contributed by atoms with Gasteiger partial charge in [-0.3, -0.25) is 9.36 Å². The first-order valence-electron chi connectivity index (χ1n) is 9.37. The maximum absolute atomic E-state index is 13.4. The van der Waals surface area contributed by atoms with Crippen molar-refractivity contribution in [3.63, 3.8) is 0 Å². The molecule has 1 aromatic carbocycles. The first-order chi connectivity index (χ1) is 13.0. The smallest absolute Gasteiger partial charge is 0.341 e. The van der Waals surface area contributed by atoms with E-state index >= 15 is 0 Å². The van der Waals surface area contributed by atoms with E-state index in [0.29, 0.717) is 17.8 Å². The summed E-state index contributed by atoms with van der Waals surface area (Å²) in [6.45, 7) is 3.73. The van der Waals surface area contributed by atoms with Gasteiger partial charge in [-0.2, -0.15) is 5.10 Å². The molecule has 0 saturated carbocycles. The summed E-state index contributed by atoms with van der Waals surface area (Å²) in [5.74, 6) is 0.282. The van der Waals surface area contributed by atoms with Gasteiger partial charge >= 0.3 is 5.69 Å². The van der Waals surface area contributed by atoms with Gasteiger partial charge in [0.25, 0.3) is 0 Å². The van der Waals surface area contributed by atoms with Crippen molar-refractivity contribution < 1.29 is 9.18 Å². The zero-order chi connectivity index (χ0) is 19.1. The highest BCUT2D eigenvalue weighted by Gasteiger charge is 2.36. The molecule has 3 heterocycles. The number of fused-ring (bicyclic) bond motifs is 1. The van der Waals surface area contributed by atoms with E-state index in [9.17, 15) is 14.0 Å². The van der Waals surface area contributed by atoms with Crippen LogP contribution in [-0.2, 0) is 11.3 Å². The van der Waals surface area contributed by atoms with E-state index in [0.717, 1.165) is 32.4 Å². The number of aromatic nitrogens is 3. The molecule has 0 radical (unpaired) electrons. The topological polar surface area (TPSA) is 60.1 Å². The summed E-state index contributed by atoms with van der Waals surface area (Å²) in [5.41, 5.74) is 0.392. The quantitative estimate of drug-likeness (QED) is 0.806. The van der Waals surface area contributed by atoms with Crippen LogP contribution in [0.4, 0.5) is 4.39 Å². The molecule has 8 heteroatoms. The molecule has 1 aromatic heterocycles. The number of amides is 1. The third kappa shape index (κ3) is 3.29. The number of nitrogens with zero attached hydrogens (tertiary/aromatic N) is 4. The van der Waals surface area contributed by atoms with E-state index in [1.807, 2.05) is 11.8 Å². The van der Waals surface area contributed by atoms with Crippen molar-refractivity contribution in [2.45, 2.75) is 51.1 Å². The van der Waals surface area contributed by atoms with Gasteiger partial charge in [0.1, 0.15) is 17.7 Å². The molecule has 1 fully saturated rings. The van der Waals surface area contributed by atoms with Crippen molar-refractivity contribution in [1.29, 1.82) is 0 Å². The standard InChI is InChI=1S/C19H22ClFN4O2/c1-12-4-7-16(18(26)23-8-2-3-9-23)25-17(12)22-24(19(25)27)11-13-5-6-15(21)14(20)10-13/h5-6,10,12,16H,2-4,7-9,11H2,1H3. The Morgan fingerprint density at radius 3 is 2.74 bits per heavy atom. The minimum absolute atomic E-state index is 0.0139. The summed E-state index contributed by atoms with van der Waals surface area (Å²) in [5, 5.41) is 4.51. The number of rotatable bonds is 3. The Morgan fingerprint density at radius 2 is 2.04 bits per heavy atom. The molecule has 2 atom stereocenters. The van der Waals surface area contributed by atoms with E-state index < -0.39 is 11.9 Å². The van der Waals surface area contributed by atoms with E-state index in [1.54, 1.807) is 10.6 Å². The molecule has 2 aliphatic heterocycles. The average molecular weight is 393 g/mol. The van der Waals surface area contributed by atoms with Crippen LogP contribution in [0, 0.1) is 5.82 Å². The minimum Gasteiger partial charge on any atom is -0.341 e. The molecule has 6 nitrogen and oxygen atoms in total. The molecule has 0 aliphatic carbocycles. The largest absolute Gasteiger partial charge is 0.347 e. The lowest BCUT2D eigenvalue weighted by atomic mass is 9.95. The van der Waals surface area contributed by atoms with Crippen molar-refractivity contribution in [2.24, 2.45) is 0 Å². The molecule has 27 heavy (non-hydrogen) atoms. The predicted octanol–water partition coefficient (Wildman–Crippen LogP) is 2.95. The number of hydrogen-bond donors (Lipinski definition) is 0. The van der Waals surface area contributed by atoms with Crippen LogP contribution in [0.2, 0.25) is 5.02 Å². The van der Waals surface area contributed by atoms with E-state index in [-0.39, 0.29) is 29.1 Å². The van der Waals surface area contributed by atoms with Gasteiger partial charge in [-0.25, -0.2) is 13.9 Å². The van der Waals surface area contributed by atoms with Gasteiger partial charge in [-0.15, -0.1) is 0 Å². The maximum Gasteiger partial charge on any atom is 0.347 e. The van der Waals surface area contributed by atoms with Crippen LogP contribution in [0.3, 0.4) is 0 Å². The van der Waals surface area contributed by atoms with Crippen LogP contribution < -0.4 is 5.69 Å². The Morgan fingerprint density at radius 1 is 1.30 bits per heavy atom. The Hall–Kier alpha value is -2.15. The molecule has 2 aromatic rings. The third-order valence-electron chi connectivity index (χ3n) is 5.54. The minimum atomic E-state index is -0.498. The van der Waals surface area contributed by atoms with Crippen molar-refractivity contribution in [1.82, 2.24) is 19.2 Å². The summed E-state index contributed by atoms with van der Waals surface area (Å²) in [6.07, 6.45) is 3.50. The van der Waals surface area contributed by atoms with Gasteiger partial charge in [-0.05, 0) is 43.4 Å². The number of carbonyl (C=O) groups excluding carboxylic acids is 1. The van der Waals surface area contributed by atoms with Crippen LogP contribution in [-0.4, -0.2) is 38.2 Å². The molecule has 4 rings (SSSR count). The second-order valence-corrected chi connectivity index (χ2v) is 7.85. The van der Waals surface area contributed by atoms with Crippen molar-refractivity contribution >= 4 is 17.5 Å². The van der Waals surface area contributed by atoms with Gasteiger partial charge in [-0.1, -0.05) is 24.6 Å². The summed E-state index contributed by atoms with van der Waals surface area (Å²) in [6, 6.07) is 3.88. The predicted molar refractivity (Wildman–Crippen MR) is 99.5 cm³/mol. The zero-order valence-electron chi connectivity index (χ0n) is 15.2. The van der Waals surface area contributed by atoms with Crippen molar-refractivity contribution in [3.8, 4) is 0 Å². The summed E-state index contributed by atoms with van der Waals surface area (Å²) in [4.78, 5) is 27.8. The molecule has 1 saturated heterocycles. The SMILES string of the molecule is CC1CCC(C(=O)N2CCCC2)n2c1nn(Cc1ccc(F)c(Cl)c1)c2=O. The van der Waals surface area contributed by atoms with Gasteiger partial charge < -0.3 is 4.90 Å². The molecule has 2 unspecified atom stereocenters. The summed E-state index contributed by atoms with van der Waals surface area (Å²) >= 11 is 5.84. The average Bonchev–Trinajstić information content (AvgIpc) is 3.28. The summed E-state index contributed by atoms with van der Waals surface area (Å²) in [7, 11) is 0. The van der Waals surface area contributed by atoms with Crippen LogP contribution in [0.25, 0.3) is 0 Å². The first-order valence-corrected chi connectivity index (χ1v) is 9.75. The fraction of sp³-hybridized carbons (Fsp3) is 0.526. The number of benzene rings is 1. The number of halogens is 2. The van der Waals surface area contributed by atoms with Crippen molar-refractivity contribution in [3.05, 3.63) is 50.9 Å². The highest BCUT2D eigenvalue weighted by Crippen LogP contribution is 2.32. The van der Waals surface area contributed by atoms with Crippen molar-refractivity contribution in [2.75, 3.05) is 13.1 Å². The molecule has 2 aliphatic rings. The fourth-order valence-corrected chi connectivity index (χ4v) is 4.23. The van der Waals surface area contributed by atoms with Gasteiger partial charge in [0.05, 0.1) is 11.6 Å². The molecule has 0 bridgehead atoms. The fourth-order valence-electron chi connectivity index (χ4n) is 4.03. The lowest BCUT2D eigenvalue weighted by Gasteiger charge is -2.29. The van der Waals surface area contributed by atoms with Gasteiger partial charge in [0.15, 0.2) is 0 Å². The van der Waals surface area contributed by atoms with E-state index in [4.69, 9.17) is 11.6 Å². The Labute approximate surface area is 161 Å². The lowest BCUT2D eigenvalue weighted by Crippen LogP contribution is -2.41. The number of carbonyl (C=O) groups is 1. The third-order valence-corrected chi connectivity index (χ3v) is 5.83. The molecular weight excluding hydrogens is 371 g/mol. The van der Waals surface area contributed by atoms with Gasteiger partial charge in [0, 0.05) is 19.0 Å². The summed E-state index contributed by atoms with van der Waals surface area (Å²) < 4.78 is 16.3. The molecule has 0 N–H and O–H groups in total. The van der Waals surface area contributed by atoms with Gasteiger partial charge in [0.2, 0.25) is 5.91 Å². The van der Waals surface area contributed by atoms with E-state index in [2.05, 4.69) is 5.10 Å². The lowest BCUT2D eigenvalue weighted by molar-refractivity contribution is -0.134. The van der Waals surface area contributed by atoms with E-state index in [1.165, 1.54) is 16.8 Å². The Kier molecular flexibility index (Phi) is 4.80. The monoisotopic (exact) mass is 392 g/mol. The second kappa shape index (κ2) is 7.11. The first kappa shape index (κ1) is 18.2. The Balaban J connectivity index is 1.68. The maximum atomic E-state index is 13.4. The van der Waals surface area contributed by atoms with Crippen LogP contribution in [0.5, 0.6) is 0 Å². The van der Waals surface area contributed by atoms with Crippen LogP contribution in [0.1, 0.15) is 56.0 Å². The highest BCUT2D eigenvalue weighted by atomic mass is 35.5. The highest BCUT2D eigenvalue weighted by molar-refractivity contribution is 6.30. The Bertz CT molecular complexity index is 932. The number of likely N-dealkylation sites (tertiary alicyclic amines) is 1. The molecule has 0 spiro atoms. The molecule has 1 amide bonds. The van der Waals surface area contributed by atoms with Crippen LogP contribution in [0.15, 0.2) is 23.0 Å². The van der Waals surface area contributed by atoms with Crippen LogP contribution >= 0.6 is 11.6 Å².